The fraction of sp³-hybridized carbons (Fsp3) is 0.125. The van der Waals surface area contributed by atoms with Gasteiger partial charge in [-0.05, 0) is 12.1 Å². The van der Waals surface area contributed by atoms with Crippen molar-refractivity contribution in [3.05, 3.63) is 30.0 Å². The highest BCUT2D eigenvalue weighted by atomic mass is 32.2. The van der Waals surface area contributed by atoms with Gasteiger partial charge in [0.15, 0.2) is 5.58 Å². The summed E-state index contributed by atoms with van der Waals surface area (Å²) in [6.07, 6.45) is 0. The molecular weight excluding hydrogens is 188 g/mol. The maximum absolute atomic E-state index is 10.8. The Morgan fingerprint density at radius 2 is 2.23 bits per heavy atom. The third-order valence-electron chi connectivity index (χ3n) is 1.73. The lowest BCUT2D eigenvalue weighted by atomic mass is 10.2. The van der Waals surface area contributed by atoms with Crippen molar-refractivity contribution in [3.63, 3.8) is 0 Å². The SMILES string of the molecule is NS(=O)Cc1noc2ccccc12. The molecule has 5 heteroatoms. The maximum Gasteiger partial charge on any atom is 0.167 e. The van der Waals surface area contributed by atoms with Crippen molar-refractivity contribution >= 4 is 22.0 Å². The molecule has 2 rings (SSSR count). The number of benzene rings is 1. The first-order chi connectivity index (χ1) is 6.27. The van der Waals surface area contributed by atoms with E-state index in [1.165, 1.54) is 0 Å². The van der Waals surface area contributed by atoms with E-state index in [1.807, 2.05) is 24.3 Å². The molecule has 68 valence electrons. The summed E-state index contributed by atoms with van der Waals surface area (Å²) in [5.41, 5.74) is 1.35. The van der Waals surface area contributed by atoms with Gasteiger partial charge >= 0.3 is 0 Å². The van der Waals surface area contributed by atoms with Crippen LogP contribution in [0.2, 0.25) is 0 Å². The lowest BCUT2D eigenvalue weighted by Gasteiger charge is -1.90. The molecule has 1 aromatic carbocycles. The van der Waals surface area contributed by atoms with Gasteiger partial charge in [0, 0.05) is 5.39 Å². The zero-order chi connectivity index (χ0) is 9.26. The molecule has 13 heavy (non-hydrogen) atoms. The molecule has 2 N–H and O–H groups in total. The average molecular weight is 196 g/mol. The van der Waals surface area contributed by atoms with Crippen LogP contribution in [-0.4, -0.2) is 9.37 Å². The summed E-state index contributed by atoms with van der Waals surface area (Å²) in [7, 11) is -1.37. The minimum absolute atomic E-state index is 0.233. The third kappa shape index (κ3) is 1.61. The molecule has 0 aliphatic rings. The molecule has 4 nitrogen and oxygen atoms in total. The van der Waals surface area contributed by atoms with Crippen molar-refractivity contribution in [2.75, 3.05) is 0 Å². The summed E-state index contributed by atoms with van der Waals surface area (Å²) < 4.78 is 15.8. The molecule has 0 aliphatic carbocycles. The van der Waals surface area contributed by atoms with Crippen LogP contribution in [0.1, 0.15) is 5.69 Å². The van der Waals surface area contributed by atoms with Gasteiger partial charge in [-0.25, -0.2) is 4.21 Å². The molecule has 0 amide bonds. The minimum atomic E-state index is -1.37. The van der Waals surface area contributed by atoms with Crippen LogP contribution in [0.4, 0.5) is 0 Å². The van der Waals surface area contributed by atoms with Gasteiger partial charge in [-0.3, -0.25) is 5.14 Å². The van der Waals surface area contributed by atoms with E-state index in [4.69, 9.17) is 9.66 Å². The summed E-state index contributed by atoms with van der Waals surface area (Å²) >= 11 is 0. The van der Waals surface area contributed by atoms with Crippen LogP contribution in [0.15, 0.2) is 28.8 Å². The highest BCUT2D eigenvalue weighted by Crippen LogP contribution is 2.18. The van der Waals surface area contributed by atoms with Crippen LogP contribution in [0.3, 0.4) is 0 Å². The molecule has 0 spiro atoms. The quantitative estimate of drug-likeness (QED) is 0.777. The lowest BCUT2D eigenvalue weighted by molar-refractivity contribution is 0.449. The molecule has 1 heterocycles. The van der Waals surface area contributed by atoms with Gasteiger partial charge in [0.2, 0.25) is 0 Å². The molecule has 0 bridgehead atoms. The van der Waals surface area contributed by atoms with Crippen LogP contribution in [0.5, 0.6) is 0 Å². The summed E-state index contributed by atoms with van der Waals surface area (Å²) in [4.78, 5) is 0. The van der Waals surface area contributed by atoms with Crippen LogP contribution < -0.4 is 5.14 Å². The summed E-state index contributed by atoms with van der Waals surface area (Å²) in [6.45, 7) is 0. The van der Waals surface area contributed by atoms with Crippen LogP contribution >= 0.6 is 0 Å². The van der Waals surface area contributed by atoms with E-state index in [0.29, 0.717) is 11.3 Å². The molecule has 1 unspecified atom stereocenters. The Hall–Kier alpha value is -1.20. The van der Waals surface area contributed by atoms with Gasteiger partial charge in [-0.15, -0.1) is 0 Å². The monoisotopic (exact) mass is 196 g/mol. The van der Waals surface area contributed by atoms with Crippen LogP contribution in [-0.2, 0) is 16.7 Å². The van der Waals surface area contributed by atoms with Crippen molar-refractivity contribution in [1.29, 1.82) is 0 Å². The molecule has 0 saturated carbocycles. The normalized spacial score (nSPS) is 13.3. The van der Waals surface area contributed by atoms with Gasteiger partial charge in [0.25, 0.3) is 0 Å². The fourth-order valence-corrected chi connectivity index (χ4v) is 1.65. The third-order valence-corrected chi connectivity index (χ3v) is 2.29. The first-order valence-corrected chi connectivity index (χ1v) is 5.11. The zero-order valence-electron chi connectivity index (χ0n) is 6.77. The number of rotatable bonds is 2. The first-order valence-electron chi connectivity index (χ1n) is 3.73. The zero-order valence-corrected chi connectivity index (χ0v) is 7.58. The molecule has 2 aromatic rings. The second kappa shape index (κ2) is 3.27. The van der Waals surface area contributed by atoms with E-state index in [2.05, 4.69) is 5.16 Å². The topological polar surface area (TPSA) is 69.1 Å². The minimum Gasteiger partial charge on any atom is -0.356 e. The number of nitrogens with two attached hydrogens (primary N) is 1. The van der Waals surface area contributed by atoms with Crippen LogP contribution in [0.25, 0.3) is 11.0 Å². The first kappa shape index (κ1) is 8.40. The van der Waals surface area contributed by atoms with Crippen molar-refractivity contribution in [2.45, 2.75) is 5.75 Å². The predicted octanol–water partition coefficient (Wildman–Crippen LogP) is 0.950. The summed E-state index contributed by atoms with van der Waals surface area (Å²) in [5.74, 6) is 0.233. The van der Waals surface area contributed by atoms with Crippen molar-refractivity contribution in [3.8, 4) is 0 Å². The largest absolute Gasteiger partial charge is 0.356 e. The van der Waals surface area contributed by atoms with E-state index in [1.54, 1.807) is 0 Å². The molecule has 0 aliphatic heterocycles. The average Bonchev–Trinajstić information content (AvgIpc) is 2.48. The van der Waals surface area contributed by atoms with Gasteiger partial charge in [-0.1, -0.05) is 17.3 Å². The number of para-hydroxylation sites is 1. The molecular formula is C8H8N2O2S. The molecule has 0 radical (unpaired) electrons. The Morgan fingerprint density at radius 3 is 3.00 bits per heavy atom. The Balaban J connectivity index is 2.51. The van der Waals surface area contributed by atoms with E-state index in [9.17, 15) is 4.21 Å². The number of fused-ring (bicyclic) bond motifs is 1. The van der Waals surface area contributed by atoms with Crippen LogP contribution in [0, 0.1) is 0 Å². The maximum atomic E-state index is 10.8. The second-order valence-corrected chi connectivity index (χ2v) is 3.70. The standard InChI is InChI=1S/C8H8N2O2S/c9-13(11)5-7-6-3-1-2-4-8(6)12-10-7/h1-4H,5,9H2. The second-order valence-electron chi connectivity index (χ2n) is 2.65. The van der Waals surface area contributed by atoms with Gasteiger partial charge in [-0.2, -0.15) is 0 Å². The van der Waals surface area contributed by atoms with E-state index in [-0.39, 0.29) is 5.75 Å². The van der Waals surface area contributed by atoms with Gasteiger partial charge in [0.1, 0.15) is 5.69 Å². The van der Waals surface area contributed by atoms with Crippen molar-refractivity contribution < 1.29 is 8.73 Å². The molecule has 1 aromatic heterocycles. The Bertz CT molecular complexity index is 452. The number of aromatic nitrogens is 1. The van der Waals surface area contributed by atoms with Gasteiger partial charge in [0.05, 0.1) is 16.7 Å². The van der Waals surface area contributed by atoms with Crippen molar-refractivity contribution in [1.82, 2.24) is 5.16 Å². The number of hydrogen-bond donors (Lipinski definition) is 1. The predicted molar refractivity (Wildman–Crippen MR) is 50.0 cm³/mol. The Morgan fingerprint density at radius 1 is 1.46 bits per heavy atom. The highest BCUT2D eigenvalue weighted by Gasteiger charge is 2.08. The molecule has 0 fully saturated rings. The summed E-state index contributed by atoms with van der Waals surface area (Å²) in [5, 5.41) is 9.83. The fourth-order valence-electron chi connectivity index (χ4n) is 1.18. The smallest absolute Gasteiger partial charge is 0.167 e. The Labute approximate surface area is 77.3 Å². The summed E-state index contributed by atoms with van der Waals surface area (Å²) in [6, 6.07) is 7.42. The molecule has 1 atom stereocenters. The highest BCUT2D eigenvalue weighted by molar-refractivity contribution is 7.81. The lowest BCUT2D eigenvalue weighted by Crippen LogP contribution is -2.05. The number of nitrogens with zero attached hydrogens (tertiary/aromatic N) is 1. The van der Waals surface area contributed by atoms with Crippen molar-refractivity contribution in [2.24, 2.45) is 5.14 Å². The van der Waals surface area contributed by atoms with E-state index >= 15 is 0 Å². The van der Waals surface area contributed by atoms with E-state index < -0.39 is 11.0 Å². The number of hydrogen-bond acceptors (Lipinski definition) is 3. The molecule has 0 saturated heterocycles. The van der Waals surface area contributed by atoms with Gasteiger partial charge < -0.3 is 4.52 Å². The van der Waals surface area contributed by atoms with E-state index in [0.717, 1.165) is 5.39 Å². The Kier molecular flexibility index (Phi) is 2.12.